The number of carbonyl (C=O) groups is 1. The van der Waals surface area contributed by atoms with Gasteiger partial charge in [-0.1, -0.05) is 23.9 Å². The van der Waals surface area contributed by atoms with Crippen molar-refractivity contribution < 1.29 is 20.1 Å². The van der Waals surface area contributed by atoms with Crippen LogP contribution in [0.4, 0.5) is 0 Å². The molecule has 15 heavy (non-hydrogen) atoms. The molecule has 2 aromatic carbocycles. The van der Waals surface area contributed by atoms with Crippen LogP contribution in [0.1, 0.15) is 10.4 Å². The van der Waals surface area contributed by atoms with Gasteiger partial charge in [0.15, 0.2) is 0 Å². The summed E-state index contributed by atoms with van der Waals surface area (Å²) in [6, 6.07) is 7.33. The van der Waals surface area contributed by atoms with Gasteiger partial charge in [-0.3, -0.25) is 0 Å². The van der Waals surface area contributed by atoms with E-state index in [1.165, 1.54) is 18.2 Å². The lowest BCUT2D eigenvalue weighted by atomic mass is 10.0. The number of aromatic hydroxyl groups is 1. The van der Waals surface area contributed by atoms with E-state index < -0.39 is 11.7 Å². The molecule has 76 valence electrons. The second kappa shape index (κ2) is 3.16. The predicted octanol–water partition coefficient (Wildman–Crippen LogP) is 1.32. The van der Waals surface area contributed by atoms with Gasteiger partial charge in [0.25, 0.3) is 0 Å². The van der Waals surface area contributed by atoms with Gasteiger partial charge < -0.3 is 15.3 Å². The average molecular weight is 203 g/mol. The van der Waals surface area contributed by atoms with E-state index in [2.05, 4.69) is 0 Å². The Morgan fingerprint density at radius 1 is 1.20 bits per heavy atom. The number of hydrogen-bond donors (Lipinski definition) is 2. The number of phenolic OH excluding ortho intramolecular Hbond substituents is 1. The van der Waals surface area contributed by atoms with Crippen molar-refractivity contribution in [3.05, 3.63) is 35.9 Å². The standard InChI is InChI=1S/C11H8O4/c12-8-3-1-2-6-4-5-7(11(14)15)10(13)9(6)8/h1-5,12-13H,(H,14,15)/p-1. The highest BCUT2D eigenvalue weighted by Crippen LogP contribution is 2.33. The normalized spacial score (nSPS) is 10.4. The third kappa shape index (κ3) is 1.36. The number of carboxylic acids is 1. The lowest BCUT2D eigenvalue weighted by molar-refractivity contribution is -0.266. The number of phenols is 1. The summed E-state index contributed by atoms with van der Waals surface area (Å²) in [7, 11) is 0. The van der Waals surface area contributed by atoms with E-state index in [1.807, 2.05) is 0 Å². The molecule has 0 spiro atoms. The molecule has 4 nitrogen and oxygen atoms in total. The smallest absolute Gasteiger partial charge is 0.335 e. The first-order valence-electron chi connectivity index (χ1n) is 4.26. The molecule has 0 bridgehead atoms. The van der Waals surface area contributed by atoms with Gasteiger partial charge in [0, 0.05) is 5.39 Å². The van der Waals surface area contributed by atoms with Gasteiger partial charge >= 0.3 is 5.97 Å². The van der Waals surface area contributed by atoms with Crippen molar-refractivity contribution in [2.24, 2.45) is 0 Å². The number of fused-ring (bicyclic) bond motifs is 1. The largest absolute Gasteiger partial charge is 0.871 e. The summed E-state index contributed by atoms with van der Waals surface area (Å²) in [4.78, 5) is 10.7. The lowest BCUT2D eigenvalue weighted by Crippen LogP contribution is -2.04. The highest BCUT2D eigenvalue weighted by molar-refractivity contribution is 6.02. The van der Waals surface area contributed by atoms with Gasteiger partial charge in [0.1, 0.15) is 5.75 Å². The third-order valence-electron chi connectivity index (χ3n) is 2.21. The maximum Gasteiger partial charge on any atom is 0.335 e. The first kappa shape index (κ1) is 9.33. The van der Waals surface area contributed by atoms with E-state index in [1.54, 1.807) is 12.1 Å². The van der Waals surface area contributed by atoms with Gasteiger partial charge in [-0.25, -0.2) is 4.79 Å². The molecule has 0 aliphatic rings. The van der Waals surface area contributed by atoms with Crippen molar-refractivity contribution >= 4 is 16.7 Å². The van der Waals surface area contributed by atoms with Gasteiger partial charge in [-0.15, -0.1) is 0 Å². The Balaban J connectivity index is 2.89. The fourth-order valence-corrected chi connectivity index (χ4v) is 1.50. The van der Waals surface area contributed by atoms with Crippen LogP contribution in [0.15, 0.2) is 30.3 Å². The topological polar surface area (TPSA) is 80.6 Å². The molecule has 0 aromatic heterocycles. The Morgan fingerprint density at radius 2 is 1.93 bits per heavy atom. The van der Waals surface area contributed by atoms with E-state index >= 15 is 0 Å². The second-order valence-electron chi connectivity index (χ2n) is 3.12. The number of benzene rings is 2. The van der Waals surface area contributed by atoms with Crippen LogP contribution in [0.2, 0.25) is 0 Å². The summed E-state index contributed by atoms with van der Waals surface area (Å²) < 4.78 is 0. The molecule has 2 N–H and O–H groups in total. The zero-order valence-corrected chi connectivity index (χ0v) is 7.60. The minimum absolute atomic E-state index is 0.0531. The Kier molecular flexibility index (Phi) is 1.97. The summed E-state index contributed by atoms with van der Waals surface area (Å²) >= 11 is 0. The highest BCUT2D eigenvalue weighted by atomic mass is 16.4. The molecule has 0 atom stereocenters. The molecule has 2 aromatic rings. The molecule has 4 heteroatoms. The zero-order chi connectivity index (χ0) is 11.0. The van der Waals surface area contributed by atoms with Crippen molar-refractivity contribution in [1.82, 2.24) is 0 Å². The van der Waals surface area contributed by atoms with Crippen molar-refractivity contribution in [1.29, 1.82) is 0 Å². The first-order chi connectivity index (χ1) is 7.11. The molecular formula is C11H7O4-. The molecule has 0 aliphatic heterocycles. The van der Waals surface area contributed by atoms with Gasteiger partial charge in [-0.2, -0.15) is 0 Å². The number of carboxylic acid groups (broad SMARTS) is 1. The van der Waals surface area contributed by atoms with Crippen molar-refractivity contribution in [2.45, 2.75) is 0 Å². The van der Waals surface area contributed by atoms with Crippen LogP contribution in [0.25, 0.3) is 10.8 Å². The number of aromatic carboxylic acids is 1. The van der Waals surface area contributed by atoms with E-state index in [0.717, 1.165) is 0 Å². The fourth-order valence-electron chi connectivity index (χ4n) is 1.50. The van der Waals surface area contributed by atoms with Crippen LogP contribution in [0.3, 0.4) is 0 Å². The summed E-state index contributed by atoms with van der Waals surface area (Å²) in [5, 5.41) is 30.4. The van der Waals surface area contributed by atoms with E-state index in [4.69, 9.17) is 5.11 Å². The van der Waals surface area contributed by atoms with Gasteiger partial charge in [0.05, 0.1) is 5.56 Å². The van der Waals surface area contributed by atoms with Crippen LogP contribution >= 0.6 is 0 Å². The predicted molar refractivity (Wildman–Crippen MR) is 52.0 cm³/mol. The quantitative estimate of drug-likeness (QED) is 0.732. The Hall–Kier alpha value is -2.23. The molecule has 0 amide bonds. The number of hydrogen-bond acceptors (Lipinski definition) is 3. The van der Waals surface area contributed by atoms with Crippen molar-refractivity contribution in [3.63, 3.8) is 0 Å². The summed E-state index contributed by atoms with van der Waals surface area (Å²) in [6.45, 7) is 0. The molecule has 0 heterocycles. The Labute approximate surface area is 85.0 Å². The molecular weight excluding hydrogens is 196 g/mol. The summed E-state index contributed by atoms with van der Waals surface area (Å²) in [5.74, 6) is -2.14. The van der Waals surface area contributed by atoms with E-state index in [-0.39, 0.29) is 16.7 Å². The van der Waals surface area contributed by atoms with E-state index in [0.29, 0.717) is 5.39 Å². The SMILES string of the molecule is O=C(O)c1ccc2cccc(O)c2c1[O-]. The van der Waals surface area contributed by atoms with Crippen LogP contribution in [0.5, 0.6) is 11.5 Å². The summed E-state index contributed by atoms with van der Waals surface area (Å²) in [6.07, 6.45) is 0. The molecule has 0 saturated carbocycles. The van der Waals surface area contributed by atoms with Crippen LogP contribution in [-0.4, -0.2) is 16.2 Å². The van der Waals surface area contributed by atoms with Gasteiger partial charge in [-0.05, 0) is 17.5 Å². The van der Waals surface area contributed by atoms with Crippen LogP contribution < -0.4 is 5.11 Å². The van der Waals surface area contributed by atoms with E-state index in [9.17, 15) is 15.0 Å². The Bertz CT molecular complexity index is 546. The van der Waals surface area contributed by atoms with Gasteiger partial charge in [0.2, 0.25) is 0 Å². The highest BCUT2D eigenvalue weighted by Gasteiger charge is 2.08. The minimum Gasteiger partial charge on any atom is -0.871 e. The molecule has 0 saturated heterocycles. The molecule has 0 fully saturated rings. The Morgan fingerprint density at radius 3 is 2.60 bits per heavy atom. The van der Waals surface area contributed by atoms with Crippen LogP contribution in [-0.2, 0) is 0 Å². The monoisotopic (exact) mass is 203 g/mol. The van der Waals surface area contributed by atoms with Crippen molar-refractivity contribution in [2.75, 3.05) is 0 Å². The maximum absolute atomic E-state index is 11.6. The lowest BCUT2D eigenvalue weighted by Gasteiger charge is -2.14. The number of rotatable bonds is 1. The molecule has 0 aliphatic carbocycles. The van der Waals surface area contributed by atoms with Crippen molar-refractivity contribution in [3.8, 4) is 11.5 Å². The average Bonchev–Trinajstić information content (AvgIpc) is 2.17. The third-order valence-corrected chi connectivity index (χ3v) is 2.21. The zero-order valence-electron chi connectivity index (χ0n) is 7.60. The van der Waals surface area contributed by atoms with Crippen LogP contribution in [0, 0.1) is 0 Å². The maximum atomic E-state index is 11.6. The molecule has 2 rings (SSSR count). The minimum atomic E-state index is -1.29. The molecule has 0 radical (unpaired) electrons. The second-order valence-corrected chi connectivity index (χ2v) is 3.12. The first-order valence-corrected chi connectivity index (χ1v) is 4.26. The summed E-state index contributed by atoms with van der Waals surface area (Å²) in [5.41, 5.74) is -0.330. The fraction of sp³-hybridized carbons (Fsp3) is 0. The molecule has 0 unspecified atom stereocenters.